The number of rotatable bonds is 3. The number of thiophene rings is 1. The molecule has 0 aliphatic rings. The standard InChI is InChI=1S/C17H14N2OS.CH4/c1-12-5-2-3-6-15(12)19-17(20)14-9-13(10-18-11-14)16-7-4-8-21-16;/h2-11H,1H3,(H,19,20);1H4. The summed E-state index contributed by atoms with van der Waals surface area (Å²) in [6, 6.07) is 13.6. The van der Waals surface area contributed by atoms with Gasteiger partial charge in [-0.15, -0.1) is 11.3 Å². The molecule has 3 aromatic rings. The summed E-state index contributed by atoms with van der Waals surface area (Å²) < 4.78 is 0. The van der Waals surface area contributed by atoms with E-state index in [0.29, 0.717) is 5.56 Å². The Morgan fingerprint density at radius 3 is 2.68 bits per heavy atom. The molecule has 112 valence electrons. The number of hydrogen-bond donors (Lipinski definition) is 1. The minimum Gasteiger partial charge on any atom is -0.322 e. The van der Waals surface area contributed by atoms with Crippen LogP contribution in [0.1, 0.15) is 23.3 Å². The molecule has 1 amide bonds. The number of benzene rings is 1. The lowest BCUT2D eigenvalue weighted by atomic mass is 10.1. The number of nitrogens with zero attached hydrogens (tertiary/aromatic N) is 1. The van der Waals surface area contributed by atoms with Gasteiger partial charge in [0.25, 0.3) is 5.91 Å². The summed E-state index contributed by atoms with van der Waals surface area (Å²) in [5.41, 5.74) is 3.38. The Morgan fingerprint density at radius 2 is 1.95 bits per heavy atom. The lowest BCUT2D eigenvalue weighted by molar-refractivity contribution is 0.102. The van der Waals surface area contributed by atoms with Crippen molar-refractivity contribution >= 4 is 22.9 Å². The third-order valence-corrected chi connectivity index (χ3v) is 4.12. The van der Waals surface area contributed by atoms with Gasteiger partial charge in [-0.3, -0.25) is 9.78 Å². The number of aryl methyl sites for hydroxylation is 1. The number of para-hydroxylation sites is 1. The molecule has 0 spiro atoms. The van der Waals surface area contributed by atoms with Crippen LogP contribution in [0.2, 0.25) is 0 Å². The largest absolute Gasteiger partial charge is 0.322 e. The van der Waals surface area contributed by atoms with E-state index in [1.54, 1.807) is 23.7 Å². The van der Waals surface area contributed by atoms with Gasteiger partial charge in [0.05, 0.1) is 5.56 Å². The first-order valence-electron chi connectivity index (χ1n) is 6.60. The summed E-state index contributed by atoms with van der Waals surface area (Å²) in [5.74, 6) is -0.143. The van der Waals surface area contributed by atoms with Gasteiger partial charge < -0.3 is 5.32 Å². The van der Waals surface area contributed by atoms with Crippen molar-refractivity contribution in [3.05, 3.63) is 71.4 Å². The zero-order chi connectivity index (χ0) is 14.7. The number of hydrogen-bond acceptors (Lipinski definition) is 3. The minimum absolute atomic E-state index is 0. The summed E-state index contributed by atoms with van der Waals surface area (Å²) in [6.45, 7) is 1.97. The Kier molecular flexibility index (Phi) is 5.07. The molecule has 3 rings (SSSR count). The van der Waals surface area contributed by atoms with Crippen LogP contribution in [0.5, 0.6) is 0 Å². The molecule has 0 aliphatic carbocycles. The molecule has 22 heavy (non-hydrogen) atoms. The summed E-state index contributed by atoms with van der Waals surface area (Å²) >= 11 is 1.63. The van der Waals surface area contributed by atoms with Crippen LogP contribution in [0.3, 0.4) is 0 Å². The van der Waals surface area contributed by atoms with Gasteiger partial charge in [0.1, 0.15) is 0 Å². The van der Waals surface area contributed by atoms with Crippen LogP contribution in [0.15, 0.2) is 60.2 Å². The van der Waals surface area contributed by atoms with Gasteiger partial charge in [-0.05, 0) is 36.1 Å². The molecule has 2 aromatic heterocycles. The molecule has 0 saturated heterocycles. The molecule has 2 heterocycles. The number of aromatic nitrogens is 1. The van der Waals surface area contributed by atoms with Crippen molar-refractivity contribution in [1.29, 1.82) is 0 Å². The van der Waals surface area contributed by atoms with Crippen LogP contribution >= 0.6 is 11.3 Å². The van der Waals surface area contributed by atoms with Crippen LogP contribution < -0.4 is 5.32 Å². The number of amides is 1. The van der Waals surface area contributed by atoms with Crippen LogP contribution in [0, 0.1) is 6.92 Å². The Hall–Kier alpha value is -2.46. The topological polar surface area (TPSA) is 42.0 Å². The van der Waals surface area contributed by atoms with Crippen LogP contribution in [0.4, 0.5) is 5.69 Å². The quantitative estimate of drug-likeness (QED) is 0.739. The summed E-state index contributed by atoms with van der Waals surface area (Å²) in [7, 11) is 0. The van der Waals surface area contributed by atoms with E-state index in [1.165, 1.54) is 0 Å². The first kappa shape index (κ1) is 15.9. The normalized spacial score (nSPS) is 9.86. The molecule has 0 fully saturated rings. The highest BCUT2D eigenvalue weighted by atomic mass is 32.1. The van der Waals surface area contributed by atoms with E-state index in [9.17, 15) is 4.79 Å². The smallest absolute Gasteiger partial charge is 0.257 e. The van der Waals surface area contributed by atoms with Gasteiger partial charge in [0, 0.05) is 28.5 Å². The van der Waals surface area contributed by atoms with Crippen LogP contribution in [0.25, 0.3) is 10.4 Å². The van der Waals surface area contributed by atoms with E-state index in [4.69, 9.17) is 0 Å². The van der Waals surface area contributed by atoms with Gasteiger partial charge in [-0.25, -0.2) is 0 Å². The maximum absolute atomic E-state index is 12.3. The zero-order valence-corrected chi connectivity index (χ0v) is 12.4. The van der Waals surface area contributed by atoms with Crippen molar-refractivity contribution in [3.63, 3.8) is 0 Å². The van der Waals surface area contributed by atoms with Crippen molar-refractivity contribution in [2.24, 2.45) is 0 Å². The van der Waals surface area contributed by atoms with Gasteiger partial charge in [-0.2, -0.15) is 0 Å². The fourth-order valence-corrected chi connectivity index (χ4v) is 2.76. The van der Waals surface area contributed by atoms with E-state index in [2.05, 4.69) is 10.3 Å². The molecule has 0 saturated carbocycles. The van der Waals surface area contributed by atoms with Crippen molar-refractivity contribution in [2.45, 2.75) is 14.4 Å². The number of carbonyl (C=O) groups excluding carboxylic acids is 1. The highest BCUT2D eigenvalue weighted by Gasteiger charge is 2.09. The molecule has 0 atom stereocenters. The third kappa shape index (κ3) is 3.40. The Bertz CT molecular complexity index is 766. The lowest BCUT2D eigenvalue weighted by Crippen LogP contribution is -2.13. The minimum atomic E-state index is -0.143. The molecule has 0 radical (unpaired) electrons. The Morgan fingerprint density at radius 1 is 1.14 bits per heavy atom. The van der Waals surface area contributed by atoms with E-state index in [1.807, 2.05) is 54.8 Å². The maximum atomic E-state index is 12.3. The van der Waals surface area contributed by atoms with E-state index >= 15 is 0 Å². The monoisotopic (exact) mass is 310 g/mol. The molecule has 1 aromatic carbocycles. The predicted molar refractivity (Wildman–Crippen MR) is 93.4 cm³/mol. The maximum Gasteiger partial charge on any atom is 0.257 e. The van der Waals surface area contributed by atoms with E-state index in [0.717, 1.165) is 21.7 Å². The fourth-order valence-electron chi connectivity index (χ4n) is 2.05. The average molecular weight is 310 g/mol. The van der Waals surface area contributed by atoms with Gasteiger partial charge in [0.15, 0.2) is 0 Å². The second-order valence-electron chi connectivity index (χ2n) is 4.71. The zero-order valence-electron chi connectivity index (χ0n) is 11.5. The molecule has 0 unspecified atom stereocenters. The molecule has 0 aliphatic heterocycles. The SMILES string of the molecule is C.Cc1ccccc1NC(=O)c1cncc(-c2cccs2)c1. The molecule has 4 heteroatoms. The first-order valence-corrected chi connectivity index (χ1v) is 7.48. The Labute approximate surface area is 134 Å². The average Bonchev–Trinajstić information content (AvgIpc) is 3.04. The lowest BCUT2D eigenvalue weighted by Gasteiger charge is -2.08. The predicted octanol–water partition coefficient (Wildman–Crippen LogP) is 5.01. The summed E-state index contributed by atoms with van der Waals surface area (Å²) in [6.07, 6.45) is 3.36. The van der Waals surface area contributed by atoms with E-state index in [-0.39, 0.29) is 13.3 Å². The molecule has 3 nitrogen and oxygen atoms in total. The molecule has 1 N–H and O–H groups in total. The third-order valence-electron chi connectivity index (χ3n) is 3.20. The van der Waals surface area contributed by atoms with Gasteiger partial charge >= 0.3 is 0 Å². The number of pyridine rings is 1. The summed E-state index contributed by atoms with van der Waals surface area (Å²) in [4.78, 5) is 17.6. The van der Waals surface area contributed by atoms with Gasteiger partial charge in [0.2, 0.25) is 0 Å². The molecule has 0 bridgehead atoms. The fraction of sp³-hybridized carbons (Fsp3) is 0.111. The van der Waals surface area contributed by atoms with E-state index < -0.39 is 0 Å². The second kappa shape index (κ2) is 7.00. The van der Waals surface area contributed by atoms with Crippen LogP contribution in [-0.2, 0) is 0 Å². The van der Waals surface area contributed by atoms with Crippen molar-refractivity contribution in [2.75, 3.05) is 5.32 Å². The highest BCUT2D eigenvalue weighted by molar-refractivity contribution is 7.13. The molecular formula is C18H18N2OS. The number of nitrogens with one attached hydrogen (secondary N) is 1. The number of anilines is 1. The van der Waals surface area contributed by atoms with Crippen molar-refractivity contribution < 1.29 is 4.79 Å². The first-order chi connectivity index (χ1) is 10.2. The second-order valence-corrected chi connectivity index (χ2v) is 5.66. The summed E-state index contributed by atoms with van der Waals surface area (Å²) in [5, 5.41) is 4.93. The van der Waals surface area contributed by atoms with Crippen molar-refractivity contribution in [1.82, 2.24) is 4.98 Å². The molecular weight excluding hydrogens is 292 g/mol. The number of carbonyl (C=O) groups is 1. The highest BCUT2D eigenvalue weighted by Crippen LogP contribution is 2.24. The van der Waals surface area contributed by atoms with Gasteiger partial charge in [-0.1, -0.05) is 31.7 Å². The Balaban J connectivity index is 0.00000176. The van der Waals surface area contributed by atoms with Crippen LogP contribution in [-0.4, -0.2) is 10.9 Å². The van der Waals surface area contributed by atoms with Crippen molar-refractivity contribution in [3.8, 4) is 10.4 Å².